The van der Waals surface area contributed by atoms with Gasteiger partial charge in [-0.25, -0.2) is 0 Å². The van der Waals surface area contributed by atoms with Crippen molar-refractivity contribution in [1.29, 1.82) is 0 Å². The number of amides is 1. The first-order valence-electron chi connectivity index (χ1n) is 8.35. The van der Waals surface area contributed by atoms with Crippen LogP contribution in [0.5, 0.6) is 5.75 Å². The summed E-state index contributed by atoms with van der Waals surface area (Å²) in [5.74, 6) is 0.727. The van der Waals surface area contributed by atoms with Crippen LogP contribution in [-0.4, -0.2) is 12.5 Å². The van der Waals surface area contributed by atoms with Crippen LogP contribution in [0.15, 0.2) is 78.9 Å². The van der Waals surface area contributed by atoms with Crippen LogP contribution < -0.4 is 10.1 Å². The number of anilines is 1. The Hall–Kier alpha value is -3.07. The predicted molar refractivity (Wildman–Crippen MR) is 102 cm³/mol. The van der Waals surface area contributed by atoms with Gasteiger partial charge < -0.3 is 10.1 Å². The minimum Gasteiger partial charge on any atom is -0.493 e. The van der Waals surface area contributed by atoms with E-state index in [2.05, 4.69) is 17.4 Å². The average molecular weight is 331 g/mol. The lowest BCUT2D eigenvalue weighted by Gasteiger charge is -2.08. The molecule has 126 valence electrons. The summed E-state index contributed by atoms with van der Waals surface area (Å²) in [7, 11) is 0. The minimum atomic E-state index is -0.0560. The molecule has 0 bridgehead atoms. The normalized spacial score (nSPS) is 10.3. The van der Waals surface area contributed by atoms with Gasteiger partial charge in [0.15, 0.2) is 0 Å². The predicted octanol–water partition coefficient (Wildman–Crippen LogP) is 5.07. The molecule has 0 aliphatic carbocycles. The summed E-state index contributed by atoms with van der Waals surface area (Å²) < 4.78 is 5.59. The highest BCUT2D eigenvalue weighted by Gasteiger charge is 2.04. The SMILES string of the molecule is Cc1ccc(OCCC(=O)Nc2ccc(-c3ccccc3)cc2)cc1. The van der Waals surface area contributed by atoms with E-state index in [0.717, 1.165) is 22.6 Å². The maximum atomic E-state index is 12.0. The van der Waals surface area contributed by atoms with E-state index < -0.39 is 0 Å². The summed E-state index contributed by atoms with van der Waals surface area (Å²) in [5.41, 5.74) is 4.26. The van der Waals surface area contributed by atoms with Crippen LogP contribution in [0.4, 0.5) is 5.69 Å². The number of carbonyl (C=O) groups excluding carboxylic acids is 1. The summed E-state index contributed by atoms with van der Waals surface area (Å²) in [6.07, 6.45) is 0.314. The number of ether oxygens (including phenoxy) is 1. The van der Waals surface area contributed by atoms with Crippen LogP contribution in [0.3, 0.4) is 0 Å². The third-order valence-electron chi connectivity index (χ3n) is 3.89. The molecule has 0 radical (unpaired) electrons. The molecule has 0 unspecified atom stereocenters. The van der Waals surface area contributed by atoms with E-state index in [9.17, 15) is 4.79 Å². The molecule has 3 aromatic carbocycles. The van der Waals surface area contributed by atoms with Crippen LogP contribution in [0.2, 0.25) is 0 Å². The molecule has 25 heavy (non-hydrogen) atoms. The van der Waals surface area contributed by atoms with E-state index >= 15 is 0 Å². The summed E-state index contributed by atoms with van der Waals surface area (Å²) in [6.45, 7) is 2.39. The Morgan fingerprint density at radius 1 is 0.840 bits per heavy atom. The number of rotatable bonds is 6. The van der Waals surface area contributed by atoms with Gasteiger partial charge in [0.2, 0.25) is 5.91 Å². The Morgan fingerprint density at radius 3 is 2.16 bits per heavy atom. The van der Waals surface area contributed by atoms with E-state index in [-0.39, 0.29) is 5.91 Å². The number of benzene rings is 3. The van der Waals surface area contributed by atoms with Gasteiger partial charge in [-0.05, 0) is 42.3 Å². The lowest BCUT2D eigenvalue weighted by atomic mass is 10.1. The Balaban J connectivity index is 1.48. The fourth-order valence-corrected chi connectivity index (χ4v) is 2.50. The quantitative estimate of drug-likeness (QED) is 0.685. The number of carbonyl (C=O) groups is 1. The van der Waals surface area contributed by atoms with E-state index in [4.69, 9.17) is 4.74 Å². The van der Waals surface area contributed by atoms with Crippen LogP contribution in [-0.2, 0) is 4.79 Å². The Bertz CT molecular complexity index is 809. The van der Waals surface area contributed by atoms with Gasteiger partial charge >= 0.3 is 0 Å². The third kappa shape index (κ3) is 4.95. The van der Waals surface area contributed by atoms with E-state index in [1.807, 2.05) is 73.7 Å². The first-order chi connectivity index (χ1) is 12.2. The van der Waals surface area contributed by atoms with Gasteiger partial charge in [0.05, 0.1) is 13.0 Å². The Kier molecular flexibility index (Phi) is 5.47. The van der Waals surface area contributed by atoms with Crippen LogP contribution in [0.1, 0.15) is 12.0 Å². The molecule has 0 spiro atoms. The van der Waals surface area contributed by atoms with Crippen molar-refractivity contribution in [2.75, 3.05) is 11.9 Å². The van der Waals surface area contributed by atoms with Crippen LogP contribution >= 0.6 is 0 Å². The molecule has 0 atom stereocenters. The number of nitrogens with one attached hydrogen (secondary N) is 1. The molecule has 0 aliphatic heterocycles. The minimum absolute atomic E-state index is 0.0560. The summed E-state index contributed by atoms with van der Waals surface area (Å²) in [6, 6.07) is 25.8. The van der Waals surface area contributed by atoms with E-state index in [1.165, 1.54) is 5.56 Å². The zero-order valence-corrected chi connectivity index (χ0v) is 14.2. The molecule has 0 aromatic heterocycles. The second-order valence-corrected chi connectivity index (χ2v) is 5.90. The van der Waals surface area contributed by atoms with Gasteiger partial charge in [-0.3, -0.25) is 4.79 Å². The van der Waals surface area contributed by atoms with Crippen LogP contribution in [0.25, 0.3) is 11.1 Å². The molecule has 1 N–H and O–H groups in total. The molecule has 0 fully saturated rings. The standard InChI is InChI=1S/C22H21NO2/c1-17-7-13-21(14-8-17)25-16-15-22(24)23-20-11-9-19(10-12-20)18-5-3-2-4-6-18/h2-14H,15-16H2,1H3,(H,23,24). The second kappa shape index (κ2) is 8.15. The summed E-state index contributed by atoms with van der Waals surface area (Å²) in [4.78, 5) is 12.0. The van der Waals surface area contributed by atoms with Gasteiger partial charge in [-0.15, -0.1) is 0 Å². The second-order valence-electron chi connectivity index (χ2n) is 5.90. The topological polar surface area (TPSA) is 38.3 Å². The fourth-order valence-electron chi connectivity index (χ4n) is 2.50. The summed E-state index contributed by atoms with van der Waals surface area (Å²) >= 11 is 0. The maximum Gasteiger partial charge on any atom is 0.227 e. The first-order valence-corrected chi connectivity index (χ1v) is 8.35. The largest absolute Gasteiger partial charge is 0.493 e. The number of hydrogen-bond acceptors (Lipinski definition) is 2. The monoisotopic (exact) mass is 331 g/mol. The van der Waals surface area contributed by atoms with Crippen molar-refractivity contribution < 1.29 is 9.53 Å². The molecule has 0 saturated carbocycles. The van der Waals surface area contributed by atoms with Crippen molar-refractivity contribution >= 4 is 11.6 Å². The molecular weight excluding hydrogens is 310 g/mol. The van der Waals surface area contributed by atoms with Gasteiger partial charge in [0, 0.05) is 5.69 Å². The van der Waals surface area contributed by atoms with Crippen LogP contribution in [0, 0.1) is 6.92 Å². The molecule has 3 rings (SSSR count). The van der Waals surface area contributed by atoms with Gasteiger partial charge in [-0.2, -0.15) is 0 Å². The summed E-state index contributed by atoms with van der Waals surface area (Å²) in [5, 5.41) is 2.90. The average Bonchev–Trinajstić information content (AvgIpc) is 2.65. The first kappa shape index (κ1) is 16.8. The molecule has 3 heteroatoms. The van der Waals surface area contributed by atoms with Crippen molar-refractivity contribution in [2.24, 2.45) is 0 Å². The van der Waals surface area contributed by atoms with Crippen molar-refractivity contribution in [3.8, 4) is 16.9 Å². The fraction of sp³-hybridized carbons (Fsp3) is 0.136. The Morgan fingerprint density at radius 2 is 1.48 bits per heavy atom. The number of hydrogen-bond donors (Lipinski definition) is 1. The zero-order chi connectivity index (χ0) is 17.5. The molecule has 0 aliphatic rings. The smallest absolute Gasteiger partial charge is 0.227 e. The van der Waals surface area contributed by atoms with Crippen molar-refractivity contribution in [3.63, 3.8) is 0 Å². The molecule has 1 amide bonds. The van der Waals surface area contributed by atoms with Gasteiger partial charge in [0.25, 0.3) is 0 Å². The number of aryl methyl sites for hydroxylation is 1. The van der Waals surface area contributed by atoms with Crippen molar-refractivity contribution in [2.45, 2.75) is 13.3 Å². The molecule has 3 aromatic rings. The molecule has 0 saturated heterocycles. The van der Waals surface area contributed by atoms with Crippen molar-refractivity contribution in [1.82, 2.24) is 0 Å². The molecular formula is C22H21NO2. The molecule has 3 nitrogen and oxygen atoms in total. The lowest BCUT2D eigenvalue weighted by molar-refractivity contribution is -0.116. The highest BCUT2D eigenvalue weighted by molar-refractivity contribution is 5.91. The molecule has 0 heterocycles. The lowest BCUT2D eigenvalue weighted by Crippen LogP contribution is -2.15. The Labute approximate surface area is 148 Å². The maximum absolute atomic E-state index is 12.0. The van der Waals surface area contributed by atoms with Gasteiger partial charge in [0.1, 0.15) is 5.75 Å². The highest BCUT2D eigenvalue weighted by Crippen LogP contribution is 2.21. The third-order valence-corrected chi connectivity index (χ3v) is 3.89. The van der Waals surface area contributed by atoms with E-state index in [0.29, 0.717) is 13.0 Å². The van der Waals surface area contributed by atoms with E-state index in [1.54, 1.807) is 0 Å². The van der Waals surface area contributed by atoms with Crippen molar-refractivity contribution in [3.05, 3.63) is 84.4 Å². The van der Waals surface area contributed by atoms with Gasteiger partial charge in [-0.1, -0.05) is 60.2 Å². The highest BCUT2D eigenvalue weighted by atomic mass is 16.5. The zero-order valence-electron chi connectivity index (χ0n) is 14.2.